The third kappa shape index (κ3) is 4.57. The Balaban J connectivity index is 0.00000140. The molecule has 6 nitrogen and oxygen atoms in total. The van der Waals surface area contributed by atoms with Crippen molar-refractivity contribution in [2.24, 2.45) is 5.73 Å². The van der Waals surface area contributed by atoms with Crippen LogP contribution in [0.15, 0.2) is 30.3 Å². The van der Waals surface area contributed by atoms with Crippen molar-refractivity contribution in [2.75, 3.05) is 11.9 Å². The molecule has 1 aromatic carbocycles. The fraction of sp³-hybridized carbons (Fsp3) is 0.450. The fourth-order valence-corrected chi connectivity index (χ4v) is 3.77. The molecule has 28 heavy (non-hydrogen) atoms. The van der Waals surface area contributed by atoms with Crippen LogP contribution in [-0.4, -0.2) is 32.1 Å². The van der Waals surface area contributed by atoms with Gasteiger partial charge in [0.2, 0.25) is 0 Å². The summed E-state index contributed by atoms with van der Waals surface area (Å²) in [6, 6.07) is 10.7. The van der Waals surface area contributed by atoms with E-state index in [9.17, 15) is 0 Å². The first-order valence-corrected chi connectivity index (χ1v) is 9.43. The number of nitrogens with zero attached hydrogens (tertiary/aromatic N) is 4. The summed E-state index contributed by atoms with van der Waals surface area (Å²) in [5, 5.41) is 3.45. The molecule has 2 aromatic heterocycles. The molecule has 1 aliphatic rings. The van der Waals surface area contributed by atoms with E-state index in [2.05, 4.69) is 51.0 Å². The minimum Gasteiger partial charge on any atom is -0.370 e. The molecule has 1 saturated carbocycles. The van der Waals surface area contributed by atoms with Crippen LogP contribution in [0.3, 0.4) is 0 Å². The number of hydrogen-bond donors (Lipinski definition) is 2. The molecule has 0 amide bonds. The van der Waals surface area contributed by atoms with Gasteiger partial charge in [-0.25, -0.2) is 15.0 Å². The SMILES string of the molecule is CCn1c(CCNc2cc(C3CC(N)C3)nc(C)n2)nc2ccccc21.Cl.Cl. The summed E-state index contributed by atoms with van der Waals surface area (Å²) in [4.78, 5) is 13.9. The van der Waals surface area contributed by atoms with Gasteiger partial charge in [0.15, 0.2) is 0 Å². The lowest BCUT2D eigenvalue weighted by Crippen LogP contribution is -2.35. The second-order valence-corrected chi connectivity index (χ2v) is 7.09. The minimum absolute atomic E-state index is 0. The summed E-state index contributed by atoms with van der Waals surface area (Å²) in [5.74, 6) is 3.30. The van der Waals surface area contributed by atoms with Crippen LogP contribution < -0.4 is 11.1 Å². The van der Waals surface area contributed by atoms with Gasteiger partial charge in [0.25, 0.3) is 0 Å². The first-order valence-electron chi connectivity index (χ1n) is 9.43. The van der Waals surface area contributed by atoms with Crippen molar-refractivity contribution < 1.29 is 0 Å². The zero-order chi connectivity index (χ0) is 18.1. The molecule has 0 atom stereocenters. The third-order valence-corrected chi connectivity index (χ3v) is 5.16. The van der Waals surface area contributed by atoms with Gasteiger partial charge in [-0.2, -0.15) is 0 Å². The number of rotatable bonds is 6. The average molecular weight is 423 g/mol. The van der Waals surface area contributed by atoms with Crippen molar-refractivity contribution in [1.29, 1.82) is 0 Å². The number of anilines is 1. The van der Waals surface area contributed by atoms with Crippen molar-refractivity contribution in [1.82, 2.24) is 19.5 Å². The van der Waals surface area contributed by atoms with E-state index in [4.69, 9.17) is 10.7 Å². The number of nitrogens with two attached hydrogens (primary N) is 1. The molecule has 1 fully saturated rings. The summed E-state index contributed by atoms with van der Waals surface area (Å²) in [7, 11) is 0. The van der Waals surface area contributed by atoms with E-state index in [0.717, 1.165) is 61.0 Å². The maximum absolute atomic E-state index is 5.92. The number of benzene rings is 1. The van der Waals surface area contributed by atoms with Gasteiger partial charge in [-0.15, -0.1) is 24.8 Å². The molecule has 152 valence electrons. The second kappa shape index (κ2) is 9.54. The summed E-state index contributed by atoms with van der Waals surface area (Å²) in [6.45, 7) is 5.83. The lowest BCUT2D eigenvalue weighted by molar-refractivity contribution is 0.344. The molecular formula is C20H28Cl2N6. The highest BCUT2D eigenvalue weighted by molar-refractivity contribution is 5.85. The highest BCUT2D eigenvalue weighted by Gasteiger charge is 2.28. The van der Waals surface area contributed by atoms with Crippen LogP contribution in [0.25, 0.3) is 11.0 Å². The van der Waals surface area contributed by atoms with E-state index < -0.39 is 0 Å². The van der Waals surface area contributed by atoms with Gasteiger partial charge in [-0.1, -0.05) is 12.1 Å². The third-order valence-electron chi connectivity index (χ3n) is 5.16. The maximum Gasteiger partial charge on any atom is 0.129 e. The Labute approximate surface area is 178 Å². The van der Waals surface area contributed by atoms with Crippen molar-refractivity contribution in [2.45, 2.75) is 51.6 Å². The monoisotopic (exact) mass is 422 g/mol. The minimum atomic E-state index is 0. The molecule has 0 bridgehead atoms. The summed E-state index contributed by atoms with van der Waals surface area (Å²) in [6.07, 6.45) is 2.90. The van der Waals surface area contributed by atoms with E-state index in [-0.39, 0.29) is 24.8 Å². The first kappa shape index (κ1) is 22.4. The zero-order valence-electron chi connectivity index (χ0n) is 16.3. The fourth-order valence-electron chi connectivity index (χ4n) is 3.77. The number of nitrogens with one attached hydrogen (secondary N) is 1. The smallest absolute Gasteiger partial charge is 0.129 e. The number of hydrogen-bond acceptors (Lipinski definition) is 5. The molecule has 8 heteroatoms. The van der Waals surface area contributed by atoms with Crippen molar-refractivity contribution in [3.8, 4) is 0 Å². The number of halogens is 2. The van der Waals surface area contributed by atoms with Gasteiger partial charge in [-0.05, 0) is 38.8 Å². The van der Waals surface area contributed by atoms with E-state index in [1.54, 1.807) is 0 Å². The largest absolute Gasteiger partial charge is 0.370 e. The van der Waals surface area contributed by atoms with Gasteiger partial charge in [0.05, 0.1) is 11.0 Å². The van der Waals surface area contributed by atoms with Crippen molar-refractivity contribution >= 4 is 41.7 Å². The Morgan fingerprint density at radius 3 is 2.61 bits per heavy atom. The molecule has 0 saturated heterocycles. The Kier molecular flexibility index (Phi) is 7.63. The van der Waals surface area contributed by atoms with Crippen LogP contribution in [0.2, 0.25) is 0 Å². The number of imidazole rings is 1. The highest BCUT2D eigenvalue weighted by atomic mass is 35.5. The summed E-state index contributed by atoms with van der Waals surface area (Å²) < 4.78 is 2.28. The summed E-state index contributed by atoms with van der Waals surface area (Å²) >= 11 is 0. The molecule has 0 spiro atoms. The van der Waals surface area contributed by atoms with Crippen LogP contribution in [0, 0.1) is 6.92 Å². The van der Waals surface area contributed by atoms with Crippen LogP contribution in [-0.2, 0) is 13.0 Å². The van der Waals surface area contributed by atoms with Gasteiger partial charge in [0, 0.05) is 43.2 Å². The lowest BCUT2D eigenvalue weighted by atomic mass is 9.78. The molecule has 0 unspecified atom stereocenters. The quantitative estimate of drug-likeness (QED) is 0.629. The highest BCUT2D eigenvalue weighted by Crippen LogP contribution is 2.35. The molecular weight excluding hydrogens is 395 g/mol. The van der Waals surface area contributed by atoms with E-state index >= 15 is 0 Å². The number of aromatic nitrogens is 4. The van der Waals surface area contributed by atoms with E-state index in [1.807, 2.05) is 13.0 Å². The van der Waals surface area contributed by atoms with Crippen LogP contribution in [0.1, 0.15) is 43.0 Å². The molecule has 2 heterocycles. The van der Waals surface area contributed by atoms with Gasteiger partial charge in [-0.3, -0.25) is 0 Å². The van der Waals surface area contributed by atoms with Crippen LogP contribution >= 0.6 is 24.8 Å². The van der Waals surface area contributed by atoms with Crippen LogP contribution in [0.4, 0.5) is 5.82 Å². The Hall–Kier alpha value is -1.89. The van der Waals surface area contributed by atoms with Crippen molar-refractivity contribution in [3.63, 3.8) is 0 Å². The van der Waals surface area contributed by atoms with Gasteiger partial charge < -0.3 is 15.6 Å². The molecule has 1 aliphatic carbocycles. The Bertz CT molecular complexity index is 920. The molecule has 0 radical (unpaired) electrons. The predicted molar refractivity (Wildman–Crippen MR) is 119 cm³/mol. The predicted octanol–water partition coefficient (Wildman–Crippen LogP) is 3.86. The van der Waals surface area contributed by atoms with E-state index in [1.165, 1.54) is 5.52 Å². The van der Waals surface area contributed by atoms with Crippen molar-refractivity contribution in [3.05, 3.63) is 47.7 Å². The average Bonchev–Trinajstić information content (AvgIpc) is 2.96. The standard InChI is InChI=1S/C20H26N6.2ClH/c1-3-26-18-7-5-4-6-16(18)25-20(26)8-9-22-19-12-17(23-13(2)24-19)14-10-15(21)11-14;;/h4-7,12,14-15H,3,8-11,21H2,1-2H3,(H,22,23,24);2*1H. The molecule has 3 aromatic rings. The van der Waals surface area contributed by atoms with Gasteiger partial charge >= 0.3 is 0 Å². The molecule has 4 rings (SSSR count). The van der Waals surface area contributed by atoms with Crippen LogP contribution in [0.5, 0.6) is 0 Å². The maximum atomic E-state index is 5.92. The molecule has 0 aliphatic heterocycles. The van der Waals surface area contributed by atoms with Gasteiger partial charge in [0.1, 0.15) is 17.5 Å². The topological polar surface area (TPSA) is 81.7 Å². The number of fused-ring (bicyclic) bond motifs is 1. The first-order chi connectivity index (χ1) is 12.6. The van der Waals surface area contributed by atoms with E-state index in [0.29, 0.717) is 12.0 Å². The summed E-state index contributed by atoms with van der Waals surface area (Å²) in [5.41, 5.74) is 9.29. The number of aryl methyl sites for hydroxylation is 2. The Morgan fingerprint density at radius 1 is 1.14 bits per heavy atom. The number of para-hydroxylation sites is 2. The normalized spacial score (nSPS) is 18.1. The Morgan fingerprint density at radius 2 is 1.89 bits per heavy atom. The zero-order valence-corrected chi connectivity index (χ0v) is 17.9. The molecule has 3 N–H and O–H groups in total. The second-order valence-electron chi connectivity index (χ2n) is 7.09. The lowest BCUT2D eigenvalue weighted by Gasteiger charge is -2.32.